The Balaban J connectivity index is 1.72. The number of esters is 1. The first-order chi connectivity index (χ1) is 12.5. The Bertz CT molecular complexity index is 961. The first-order valence-corrected chi connectivity index (χ1v) is 8.40. The standard InChI is InChI=1S/C20H20N2O4/c1-4-17(19(23)22-15-9-12(2)5-6-13(15)3)26-20(24)14-7-8-18-16(10-14)21-11-25-18/h5-11,17H,4H2,1-3H3,(H,22,23). The molecule has 0 aliphatic heterocycles. The monoisotopic (exact) mass is 352 g/mol. The summed E-state index contributed by atoms with van der Waals surface area (Å²) < 4.78 is 10.6. The number of carbonyl (C=O) groups is 2. The van der Waals surface area contributed by atoms with Gasteiger partial charge in [-0.05, 0) is 55.7 Å². The molecule has 0 bridgehead atoms. The van der Waals surface area contributed by atoms with Crippen molar-refractivity contribution in [3.63, 3.8) is 0 Å². The van der Waals surface area contributed by atoms with Crippen molar-refractivity contribution in [2.45, 2.75) is 33.3 Å². The average Bonchev–Trinajstić information content (AvgIpc) is 3.10. The van der Waals surface area contributed by atoms with Crippen LogP contribution in [0.15, 0.2) is 47.2 Å². The third kappa shape index (κ3) is 3.74. The fourth-order valence-electron chi connectivity index (χ4n) is 2.59. The number of hydrogen-bond donors (Lipinski definition) is 1. The number of benzene rings is 2. The van der Waals surface area contributed by atoms with E-state index in [2.05, 4.69) is 10.3 Å². The zero-order chi connectivity index (χ0) is 18.7. The molecule has 6 heteroatoms. The number of oxazole rings is 1. The summed E-state index contributed by atoms with van der Waals surface area (Å²) in [5.74, 6) is -0.921. The molecule has 2 aromatic carbocycles. The minimum Gasteiger partial charge on any atom is -0.449 e. The van der Waals surface area contributed by atoms with E-state index in [4.69, 9.17) is 9.15 Å². The molecular weight excluding hydrogens is 332 g/mol. The van der Waals surface area contributed by atoms with Crippen LogP contribution in [-0.2, 0) is 9.53 Å². The van der Waals surface area contributed by atoms with Gasteiger partial charge in [0.2, 0.25) is 0 Å². The predicted molar refractivity (Wildman–Crippen MR) is 98.0 cm³/mol. The molecule has 1 aromatic heterocycles. The van der Waals surface area contributed by atoms with Crippen LogP contribution in [0.3, 0.4) is 0 Å². The number of ether oxygens (including phenoxy) is 1. The highest BCUT2D eigenvalue weighted by atomic mass is 16.5. The van der Waals surface area contributed by atoms with Crippen molar-refractivity contribution in [3.8, 4) is 0 Å². The van der Waals surface area contributed by atoms with Crippen molar-refractivity contribution in [2.75, 3.05) is 5.32 Å². The molecule has 1 heterocycles. The van der Waals surface area contributed by atoms with Gasteiger partial charge in [-0.1, -0.05) is 19.1 Å². The Hall–Kier alpha value is -3.15. The molecule has 3 aromatic rings. The molecule has 6 nitrogen and oxygen atoms in total. The lowest BCUT2D eigenvalue weighted by molar-refractivity contribution is -0.124. The lowest BCUT2D eigenvalue weighted by Crippen LogP contribution is -2.32. The molecule has 1 unspecified atom stereocenters. The van der Waals surface area contributed by atoms with Gasteiger partial charge in [0.15, 0.2) is 18.1 Å². The van der Waals surface area contributed by atoms with Crippen LogP contribution >= 0.6 is 0 Å². The van der Waals surface area contributed by atoms with Crippen molar-refractivity contribution in [2.24, 2.45) is 0 Å². The number of aromatic nitrogens is 1. The fourth-order valence-corrected chi connectivity index (χ4v) is 2.59. The first kappa shape index (κ1) is 17.7. The summed E-state index contributed by atoms with van der Waals surface area (Å²) >= 11 is 0. The fraction of sp³-hybridized carbons (Fsp3) is 0.250. The van der Waals surface area contributed by atoms with Gasteiger partial charge in [-0.2, -0.15) is 0 Å². The summed E-state index contributed by atoms with van der Waals surface area (Å²) in [5.41, 5.74) is 4.17. The van der Waals surface area contributed by atoms with Gasteiger partial charge < -0.3 is 14.5 Å². The van der Waals surface area contributed by atoms with Crippen LogP contribution in [0.25, 0.3) is 11.1 Å². The van der Waals surface area contributed by atoms with Crippen LogP contribution in [-0.4, -0.2) is 23.0 Å². The summed E-state index contributed by atoms with van der Waals surface area (Å²) in [6.07, 6.45) is 0.802. The Kier molecular flexibility index (Phi) is 5.02. The largest absolute Gasteiger partial charge is 0.449 e. The van der Waals surface area contributed by atoms with Crippen LogP contribution in [0.4, 0.5) is 5.69 Å². The molecule has 1 amide bonds. The Labute approximate surface area is 151 Å². The maximum Gasteiger partial charge on any atom is 0.338 e. The number of carbonyl (C=O) groups excluding carboxylic acids is 2. The molecule has 0 spiro atoms. The second-order valence-electron chi connectivity index (χ2n) is 6.14. The molecule has 0 saturated carbocycles. The second-order valence-corrected chi connectivity index (χ2v) is 6.14. The third-order valence-electron chi connectivity index (χ3n) is 4.13. The normalized spacial score (nSPS) is 12.0. The van der Waals surface area contributed by atoms with Crippen LogP contribution in [0.2, 0.25) is 0 Å². The number of aryl methyl sites for hydroxylation is 2. The molecule has 0 fully saturated rings. The van der Waals surface area contributed by atoms with Crippen LogP contribution < -0.4 is 5.32 Å². The maximum atomic E-state index is 12.5. The van der Waals surface area contributed by atoms with E-state index in [1.165, 1.54) is 6.39 Å². The lowest BCUT2D eigenvalue weighted by atomic mass is 10.1. The number of nitrogens with zero attached hydrogens (tertiary/aromatic N) is 1. The summed E-state index contributed by atoms with van der Waals surface area (Å²) in [4.78, 5) is 28.9. The highest BCUT2D eigenvalue weighted by Crippen LogP contribution is 2.19. The van der Waals surface area contributed by atoms with Gasteiger partial charge in [-0.25, -0.2) is 9.78 Å². The molecule has 134 valence electrons. The number of fused-ring (bicyclic) bond motifs is 1. The first-order valence-electron chi connectivity index (χ1n) is 8.40. The van der Waals surface area contributed by atoms with E-state index in [-0.39, 0.29) is 5.91 Å². The number of anilines is 1. The van der Waals surface area contributed by atoms with Crippen molar-refractivity contribution in [3.05, 3.63) is 59.5 Å². The van der Waals surface area contributed by atoms with Gasteiger partial charge in [-0.3, -0.25) is 4.79 Å². The van der Waals surface area contributed by atoms with Crippen LogP contribution in [0.1, 0.15) is 34.8 Å². The molecule has 26 heavy (non-hydrogen) atoms. The van der Waals surface area contributed by atoms with Crippen molar-refractivity contribution in [1.82, 2.24) is 4.98 Å². The molecule has 0 aliphatic rings. The van der Waals surface area contributed by atoms with E-state index in [1.54, 1.807) is 25.1 Å². The zero-order valence-corrected chi connectivity index (χ0v) is 14.9. The summed E-state index contributed by atoms with van der Waals surface area (Å²) in [7, 11) is 0. The number of rotatable bonds is 5. The minimum absolute atomic E-state index is 0.324. The lowest BCUT2D eigenvalue weighted by Gasteiger charge is -2.17. The van der Waals surface area contributed by atoms with E-state index >= 15 is 0 Å². The van der Waals surface area contributed by atoms with Crippen LogP contribution in [0, 0.1) is 13.8 Å². The molecule has 1 atom stereocenters. The molecule has 0 aliphatic carbocycles. The van der Waals surface area contributed by atoms with Gasteiger partial charge in [0.05, 0.1) is 5.56 Å². The number of amides is 1. The summed E-state index contributed by atoms with van der Waals surface area (Å²) in [6, 6.07) is 10.6. The molecule has 0 saturated heterocycles. The van der Waals surface area contributed by atoms with E-state index < -0.39 is 12.1 Å². The quantitative estimate of drug-likeness (QED) is 0.702. The SMILES string of the molecule is CCC(OC(=O)c1ccc2ocnc2c1)C(=O)Nc1cc(C)ccc1C. The van der Waals surface area contributed by atoms with Gasteiger partial charge in [0.25, 0.3) is 5.91 Å². The minimum atomic E-state index is -0.879. The Morgan fingerprint density at radius 2 is 2.00 bits per heavy atom. The highest BCUT2D eigenvalue weighted by molar-refractivity contribution is 5.99. The Morgan fingerprint density at radius 3 is 2.77 bits per heavy atom. The molecule has 1 N–H and O–H groups in total. The topological polar surface area (TPSA) is 81.4 Å². The summed E-state index contributed by atoms with van der Waals surface area (Å²) in [6.45, 7) is 5.66. The average molecular weight is 352 g/mol. The zero-order valence-electron chi connectivity index (χ0n) is 14.9. The van der Waals surface area contributed by atoms with E-state index in [9.17, 15) is 9.59 Å². The molecule has 3 rings (SSSR count). The van der Waals surface area contributed by atoms with Gasteiger partial charge in [-0.15, -0.1) is 0 Å². The summed E-state index contributed by atoms with van der Waals surface area (Å²) in [5, 5.41) is 2.84. The predicted octanol–water partition coefficient (Wildman–Crippen LogP) is 4.02. The third-order valence-corrected chi connectivity index (χ3v) is 4.13. The van der Waals surface area contributed by atoms with Crippen molar-refractivity contribution < 1.29 is 18.7 Å². The van der Waals surface area contributed by atoms with Crippen LogP contribution in [0.5, 0.6) is 0 Å². The van der Waals surface area contributed by atoms with E-state index in [1.807, 2.05) is 32.0 Å². The van der Waals surface area contributed by atoms with Crippen molar-refractivity contribution in [1.29, 1.82) is 0 Å². The number of hydrogen-bond acceptors (Lipinski definition) is 5. The van der Waals surface area contributed by atoms with Gasteiger partial charge in [0, 0.05) is 5.69 Å². The maximum absolute atomic E-state index is 12.5. The highest BCUT2D eigenvalue weighted by Gasteiger charge is 2.23. The number of nitrogens with one attached hydrogen (secondary N) is 1. The second kappa shape index (κ2) is 7.39. The Morgan fingerprint density at radius 1 is 1.19 bits per heavy atom. The van der Waals surface area contributed by atoms with E-state index in [0.29, 0.717) is 28.8 Å². The molecular formula is C20H20N2O4. The molecule has 0 radical (unpaired) electrons. The van der Waals surface area contributed by atoms with Gasteiger partial charge >= 0.3 is 5.97 Å². The van der Waals surface area contributed by atoms with Crippen molar-refractivity contribution >= 4 is 28.7 Å². The van der Waals surface area contributed by atoms with E-state index in [0.717, 1.165) is 11.1 Å². The smallest absolute Gasteiger partial charge is 0.338 e. The van der Waals surface area contributed by atoms with Gasteiger partial charge in [0.1, 0.15) is 5.52 Å².